The first-order valence-electron chi connectivity index (χ1n) is 9.19. The smallest absolute Gasteiger partial charge is 0.408 e. The molecule has 1 aliphatic heterocycles. The predicted octanol–water partition coefficient (Wildman–Crippen LogP) is 4.41. The van der Waals surface area contributed by atoms with Gasteiger partial charge in [-0.1, -0.05) is 24.3 Å². The highest BCUT2D eigenvalue weighted by atomic mass is 19.4. The quantitative estimate of drug-likeness (QED) is 0.818. The zero-order valence-corrected chi connectivity index (χ0v) is 16.7. The zero-order chi connectivity index (χ0) is 21.4. The van der Waals surface area contributed by atoms with Crippen LogP contribution < -0.4 is 0 Å². The SMILES string of the molecule is Cc1ccccc1[C@@H]1C[C@H](N(C(=O)O)C(C)(C)C)C(=O)N(CC(F)(F)F)[C@@H]1C. The fourth-order valence-corrected chi connectivity index (χ4v) is 4.06. The van der Waals surface area contributed by atoms with E-state index in [1.807, 2.05) is 25.1 Å². The van der Waals surface area contributed by atoms with Gasteiger partial charge in [0.15, 0.2) is 0 Å². The molecule has 1 fully saturated rings. The molecule has 0 aliphatic carbocycles. The number of benzene rings is 1. The van der Waals surface area contributed by atoms with Crippen molar-refractivity contribution in [1.29, 1.82) is 0 Å². The Morgan fingerprint density at radius 3 is 2.29 bits per heavy atom. The largest absolute Gasteiger partial charge is 0.465 e. The van der Waals surface area contributed by atoms with Crippen LogP contribution in [0.1, 0.15) is 51.2 Å². The van der Waals surface area contributed by atoms with E-state index in [1.54, 1.807) is 33.8 Å². The van der Waals surface area contributed by atoms with Gasteiger partial charge in [-0.3, -0.25) is 9.69 Å². The van der Waals surface area contributed by atoms with Crippen molar-refractivity contribution in [2.24, 2.45) is 0 Å². The number of amides is 2. The Labute approximate surface area is 163 Å². The van der Waals surface area contributed by atoms with Crippen LogP contribution in [0.25, 0.3) is 0 Å². The number of likely N-dealkylation sites (tertiary alicyclic amines) is 1. The van der Waals surface area contributed by atoms with Gasteiger partial charge in [0.1, 0.15) is 12.6 Å². The molecule has 0 aromatic heterocycles. The van der Waals surface area contributed by atoms with E-state index in [0.717, 1.165) is 20.9 Å². The minimum atomic E-state index is -4.57. The number of halogens is 3. The van der Waals surface area contributed by atoms with Crippen LogP contribution in [0.15, 0.2) is 24.3 Å². The Morgan fingerprint density at radius 1 is 1.25 bits per heavy atom. The van der Waals surface area contributed by atoms with Crippen molar-refractivity contribution in [2.45, 2.75) is 70.8 Å². The van der Waals surface area contributed by atoms with E-state index >= 15 is 0 Å². The number of carbonyl (C=O) groups is 2. The second kappa shape index (κ2) is 7.64. The molecule has 1 saturated heterocycles. The van der Waals surface area contributed by atoms with Crippen molar-refractivity contribution >= 4 is 12.0 Å². The third kappa shape index (κ3) is 4.59. The van der Waals surface area contributed by atoms with Crippen molar-refractivity contribution in [3.05, 3.63) is 35.4 Å². The molecule has 0 saturated carbocycles. The van der Waals surface area contributed by atoms with Crippen molar-refractivity contribution in [3.8, 4) is 0 Å². The predicted molar refractivity (Wildman–Crippen MR) is 99.2 cm³/mol. The molecule has 2 rings (SSSR count). The highest BCUT2D eigenvalue weighted by Gasteiger charge is 2.49. The molecule has 3 atom stereocenters. The van der Waals surface area contributed by atoms with Gasteiger partial charge in [0.2, 0.25) is 5.91 Å². The molecule has 1 N–H and O–H groups in total. The summed E-state index contributed by atoms with van der Waals surface area (Å²) in [6.07, 6.45) is -5.75. The van der Waals surface area contributed by atoms with Crippen LogP contribution in [-0.2, 0) is 4.79 Å². The molecule has 0 unspecified atom stereocenters. The van der Waals surface area contributed by atoms with Gasteiger partial charge < -0.3 is 10.0 Å². The van der Waals surface area contributed by atoms with Crippen LogP contribution in [0.4, 0.5) is 18.0 Å². The van der Waals surface area contributed by atoms with Crippen LogP contribution in [0.2, 0.25) is 0 Å². The summed E-state index contributed by atoms with van der Waals surface area (Å²) >= 11 is 0. The first-order chi connectivity index (χ1) is 12.7. The van der Waals surface area contributed by atoms with Crippen molar-refractivity contribution in [3.63, 3.8) is 0 Å². The number of carboxylic acid groups (broad SMARTS) is 1. The molecule has 1 heterocycles. The Kier molecular flexibility index (Phi) is 6.01. The summed E-state index contributed by atoms with van der Waals surface area (Å²) in [4.78, 5) is 26.7. The average Bonchev–Trinajstić information content (AvgIpc) is 2.52. The van der Waals surface area contributed by atoms with Gasteiger partial charge in [0.25, 0.3) is 0 Å². The molecule has 0 radical (unpaired) electrons. The van der Waals surface area contributed by atoms with Crippen LogP contribution in [0, 0.1) is 6.92 Å². The number of hydrogen-bond acceptors (Lipinski definition) is 2. The number of aryl methyl sites for hydroxylation is 1. The summed E-state index contributed by atoms with van der Waals surface area (Å²) in [5.41, 5.74) is 0.795. The number of nitrogens with zero attached hydrogens (tertiary/aromatic N) is 2. The van der Waals surface area contributed by atoms with Crippen LogP contribution in [-0.4, -0.2) is 57.3 Å². The molecule has 156 valence electrons. The van der Waals surface area contributed by atoms with E-state index in [0.29, 0.717) is 0 Å². The van der Waals surface area contributed by atoms with Crippen molar-refractivity contribution in [1.82, 2.24) is 9.80 Å². The monoisotopic (exact) mass is 400 g/mol. The second-order valence-corrected chi connectivity index (χ2v) is 8.36. The third-order valence-corrected chi connectivity index (χ3v) is 5.30. The zero-order valence-electron chi connectivity index (χ0n) is 16.7. The van der Waals surface area contributed by atoms with Crippen LogP contribution >= 0.6 is 0 Å². The molecule has 0 spiro atoms. The second-order valence-electron chi connectivity index (χ2n) is 8.36. The Balaban J connectivity index is 2.55. The maximum absolute atomic E-state index is 13.2. The van der Waals surface area contributed by atoms with Crippen LogP contribution in [0.5, 0.6) is 0 Å². The fourth-order valence-electron chi connectivity index (χ4n) is 4.06. The Bertz CT molecular complexity index is 743. The van der Waals surface area contributed by atoms with Crippen molar-refractivity contribution < 1.29 is 27.9 Å². The first kappa shape index (κ1) is 22.0. The lowest BCUT2D eigenvalue weighted by Gasteiger charge is -2.48. The summed E-state index contributed by atoms with van der Waals surface area (Å²) in [5.74, 6) is -1.21. The van der Waals surface area contributed by atoms with Gasteiger partial charge in [0.05, 0.1) is 0 Å². The lowest BCUT2D eigenvalue weighted by atomic mass is 9.79. The summed E-state index contributed by atoms with van der Waals surface area (Å²) in [6, 6.07) is 5.44. The molecule has 1 aromatic carbocycles. The number of rotatable bonds is 3. The molecule has 0 bridgehead atoms. The molecule has 2 amide bonds. The molecule has 28 heavy (non-hydrogen) atoms. The first-order valence-corrected chi connectivity index (χ1v) is 9.19. The lowest BCUT2D eigenvalue weighted by Crippen LogP contribution is -2.63. The van der Waals surface area contributed by atoms with E-state index < -0.39 is 48.3 Å². The summed E-state index contributed by atoms with van der Waals surface area (Å²) in [6.45, 7) is 6.94. The van der Waals surface area contributed by atoms with Gasteiger partial charge in [0, 0.05) is 17.5 Å². The number of piperidine rings is 1. The van der Waals surface area contributed by atoms with E-state index in [-0.39, 0.29) is 6.42 Å². The van der Waals surface area contributed by atoms with Crippen LogP contribution in [0.3, 0.4) is 0 Å². The molecular formula is C20H27F3N2O3. The molecule has 5 nitrogen and oxygen atoms in total. The normalized spacial score (nSPS) is 23.6. The number of hydrogen-bond donors (Lipinski definition) is 1. The van der Waals surface area contributed by atoms with Gasteiger partial charge >= 0.3 is 12.3 Å². The van der Waals surface area contributed by atoms with Crippen molar-refractivity contribution in [2.75, 3.05) is 6.54 Å². The molecule has 1 aromatic rings. The topological polar surface area (TPSA) is 60.9 Å². The summed E-state index contributed by atoms with van der Waals surface area (Å²) < 4.78 is 39.6. The summed E-state index contributed by atoms with van der Waals surface area (Å²) in [5, 5.41) is 9.71. The Morgan fingerprint density at radius 2 is 1.82 bits per heavy atom. The van der Waals surface area contributed by atoms with Gasteiger partial charge in [-0.2, -0.15) is 13.2 Å². The maximum Gasteiger partial charge on any atom is 0.408 e. The fraction of sp³-hybridized carbons (Fsp3) is 0.600. The highest BCUT2D eigenvalue weighted by molar-refractivity contribution is 5.87. The van der Waals surface area contributed by atoms with Gasteiger partial charge in [-0.05, 0) is 52.2 Å². The minimum absolute atomic E-state index is 0.142. The minimum Gasteiger partial charge on any atom is -0.465 e. The maximum atomic E-state index is 13.2. The number of carbonyl (C=O) groups excluding carboxylic acids is 1. The Hall–Kier alpha value is -2.25. The van der Waals surface area contributed by atoms with E-state index in [2.05, 4.69) is 0 Å². The number of alkyl halides is 3. The highest BCUT2D eigenvalue weighted by Crippen LogP contribution is 2.39. The average molecular weight is 400 g/mol. The van der Waals surface area contributed by atoms with E-state index in [4.69, 9.17) is 0 Å². The molecular weight excluding hydrogens is 373 g/mol. The van der Waals surface area contributed by atoms with E-state index in [1.165, 1.54) is 0 Å². The molecule has 1 aliphatic rings. The lowest BCUT2D eigenvalue weighted by molar-refractivity contribution is -0.174. The van der Waals surface area contributed by atoms with E-state index in [9.17, 15) is 27.9 Å². The summed E-state index contributed by atoms with van der Waals surface area (Å²) in [7, 11) is 0. The standard InChI is InChI=1S/C20H27F3N2O3/c1-12-8-6-7-9-14(12)15-10-16(25(18(27)28)19(3,4)5)17(26)24(13(15)2)11-20(21,22)23/h6-9,13,15-16H,10-11H2,1-5H3,(H,27,28)/t13-,15-,16+/m1/s1. The van der Waals surface area contributed by atoms with Gasteiger partial charge in [-0.25, -0.2) is 4.79 Å². The molecule has 8 heteroatoms. The third-order valence-electron chi connectivity index (χ3n) is 5.30. The van der Waals surface area contributed by atoms with Gasteiger partial charge in [-0.15, -0.1) is 0 Å².